The van der Waals surface area contributed by atoms with Crippen LogP contribution in [0.3, 0.4) is 0 Å². The summed E-state index contributed by atoms with van der Waals surface area (Å²) < 4.78 is 0. The van der Waals surface area contributed by atoms with Crippen molar-refractivity contribution in [2.75, 3.05) is 0 Å². The topological polar surface area (TPSA) is 24.7 Å². The van der Waals surface area contributed by atoms with Crippen molar-refractivity contribution in [2.24, 2.45) is 9.98 Å². The van der Waals surface area contributed by atoms with Crippen LogP contribution in [0.5, 0.6) is 0 Å². The van der Waals surface area contributed by atoms with Crippen molar-refractivity contribution in [3.05, 3.63) is 23.3 Å². The van der Waals surface area contributed by atoms with Gasteiger partial charge in [0.2, 0.25) is 0 Å². The van der Waals surface area contributed by atoms with Gasteiger partial charge in [0.25, 0.3) is 0 Å². The number of hydrogen-bond acceptors (Lipinski definition) is 2. The molecule has 1 aromatic carbocycles. The molecule has 0 fully saturated rings. The van der Waals surface area contributed by atoms with E-state index in [-0.39, 0.29) is 0 Å². The summed E-state index contributed by atoms with van der Waals surface area (Å²) >= 11 is 0. The summed E-state index contributed by atoms with van der Waals surface area (Å²) in [7, 11) is 0. The van der Waals surface area contributed by atoms with Crippen LogP contribution in [0.1, 0.15) is 25.0 Å². The minimum atomic E-state index is 1.02. The molecule has 2 aliphatic heterocycles. The van der Waals surface area contributed by atoms with E-state index >= 15 is 0 Å². The van der Waals surface area contributed by atoms with Gasteiger partial charge in [0.15, 0.2) is 0 Å². The predicted octanol–water partition coefficient (Wildman–Crippen LogP) is 2.98. The molecule has 14 heavy (non-hydrogen) atoms. The fourth-order valence-electron chi connectivity index (χ4n) is 2.27. The molecule has 0 unspecified atom stereocenters. The number of nitrogens with zero attached hydrogens (tertiary/aromatic N) is 2. The van der Waals surface area contributed by atoms with Gasteiger partial charge in [-0.15, -0.1) is 0 Å². The largest absolute Gasteiger partial charge is 0.257 e. The van der Waals surface area contributed by atoms with E-state index in [2.05, 4.69) is 36.0 Å². The Morgan fingerprint density at radius 3 is 1.71 bits per heavy atom. The summed E-state index contributed by atoms with van der Waals surface area (Å²) in [5.74, 6) is 0. The molecule has 70 valence electrons. The molecule has 0 aliphatic carbocycles. The average molecular weight is 184 g/mol. The Morgan fingerprint density at radius 1 is 0.857 bits per heavy atom. The van der Waals surface area contributed by atoms with E-state index in [0.717, 1.165) is 24.2 Å². The van der Waals surface area contributed by atoms with Crippen LogP contribution in [0, 0.1) is 0 Å². The molecule has 1 aromatic rings. The highest BCUT2D eigenvalue weighted by atomic mass is 14.8. The lowest BCUT2D eigenvalue weighted by Gasteiger charge is -2.03. The number of benzene rings is 1. The fraction of sp³-hybridized carbons (Fsp3) is 0.333. The SMILES string of the molecule is CC1=Nc2ccc3c(c2C1)CC(C)=N3. The molecule has 2 heterocycles. The molecule has 0 spiro atoms. The maximum Gasteiger partial charge on any atom is 0.0669 e. The molecule has 2 aliphatic rings. The van der Waals surface area contributed by atoms with Crippen molar-refractivity contribution in [3.8, 4) is 0 Å². The first-order valence-electron chi connectivity index (χ1n) is 4.97. The molecular formula is C12H12N2. The Labute approximate surface area is 83.4 Å². The molecule has 2 heteroatoms. The third-order valence-corrected chi connectivity index (χ3v) is 2.87. The lowest BCUT2D eigenvalue weighted by molar-refractivity contribution is 1.26. The van der Waals surface area contributed by atoms with Crippen LogP contribution in [0.4, 0.5) is 11.4 Å². The lowest BCUT2D eigenvalue weighted by Crippen LogP contribution is -1.96. The summed E-state index contributed by atoms with van der Waals surface area (Å²) in [5, 5.41) is 0. The molecule has 0 radical (unpaired) electrons. The van der Waals surface area contributed by atoms with Gasteiger partial charge < -0.3 is 0 Å². The van der Waals surface area contributed by atoms with Crippen molar-refractivity contribution in [1.29, 1.82) is 0 Å². The molecule has 0 bridgehead atoms. The lowest BCUT2D eigenvalue weighted by atomic mass is 9.99. The normalized spacial score (nSPS) is 17.6. The third-order valence-electron chi connectivity index (χ3n) is 2.87. The second-order valence-electron chi connectivity index (χ2n) is 4.11. The van der Waals surface area contributed by atoms with Crippen molar-refractivity contribution in [2.45, 2.75) is 26.7 Å². The monoisotopic (exact) mass is 184 g/mol. The van der Waals surface area contributed by atoms with E-state index in [1.165, 1.54) is 22.6 Å². The van der Waals surface area contributed by atoms with Crippen LogP contribution in [0.2, 0.25) is 0 Å². The molecule has 0 amide bonds. The van der Waals surface area contributed by atoms with Crippen LogP contribution in [0.25, 0.3) is 0 Å². The van der Waals surface area contributed by atoms with E-state index in [9.17, 15) is 0 Å². The zero-order valence-electron chi connectivity index (χ0n) is 8.46. The van der Waals surface area contributed by atoms with Crippen LogP contribution in [-0.2, 0) is 12.8 Å². The van der Waals surface area contributed by atoms with Crippen molar-refractivity contribution < 1.29 is 0 Å². The van der Waals surface area contributed by atoms with Crippen LogP contribution >= 0.6 is 0 Å². The minimum absolute atomic E-state index is 1.02. The van der Waals surface area contributed by atoms with E-state index in [1.54, 1.807) is 0 Å². The highest BCUT2D eigenvalue weighted by Crippen LogP contribution is 2.38. The van der Waals surface area contributed by atoms with Gasteiger partial charge in [0, 0.05) is 24.3 Å². The van der Waals surface area contributed by atoms with Crippen LogP contribution in [0.15, 0.2) is 22.1 Å². The highest BCUT2D eigenvalue weighted by molar-refractivity contribution is 5.98. The number of rotatable bonds is 0. The molecule has 0 saturated heterocycles. The minimum Gasteiger partial charge on any atom is -0.257 e. The Bertz CT molecular complexity index is 436. The third kappa shape index (κ3) is 0.969. The molecule has 3 rings (SSSR count). The summed E-state index contributed by atoms with van der Waals surface area (Å²) in [6.07, 6.45) is 2.03. The molecule has 0 N–H and O–H groups in total. The van der Waals surface area contributed by atoms with Crippen LogP contribution in [-0.4, -0.2) is 11.4 Å². The van der Waals surface area contributed by atoms with E-state index in [0.29, 0.717) is 0 Å². The van der Waals surface area contributed by atoms with Gasteiger partial charge in [-0.3, -0.25) is 9.98 Å². The Hall–Kier alpha value is -1.44. The first-order valence-corrected chi connectivity index (χ1v) is 4.97. The first kappa shape index (κ1) is 7.92. The highest BCUT2D eigenvalue weighted by Gasteiger charge is 2.21. The average Bonchev–Trinajstić information content (AvgIpc) is 2.65. The second kappa shape index (κ2) is 2.53. The summed E-state index contributed by atoms with van der Waals surface area (Å²) in [6, 6.07) is 4.18. The Balaban J connectivity index is 2.18. The van der Waals surface area contributed by atoms with E-state index in [1.807, 2.05) is 0 Å². The summed E-state index contributed by atoms with van der Waals surface area (Å²) in [4.78, 5) is 9.04. The smallest absolute Gasteiger partial charge is 0.0669 e. The zero-order chi connectivity index (χ0) is 9.71. The quantitative estimate of drug-likeness (QED) is 0.592. The van der Waals surface area contributed by atoms with Gasteiger partial charge in [-0.2, -0.15) is 0 Å². The molecule has 0 saturated carbocycles. The van der Waals surface area contributed by atoms with Gasteiger partial charge in [0.05, 0.1) is 11.4 Å². The second-order valence-corrected chi connectivity index (χ2v) is 4.11. The molecule has 2 nitrogen and oxygen atoms in total. The van der Waals surface area contributed by atoms with Gasteiger partial charge in [-0.05, 0) is 37.1 Å². The maximum atomic E-state index is 4.52. The number of hydrogen-bond donors (Lipinski definition) is 0. The molecular weight excluding hydrogens is 172 g/mol. The Kier molecular flexibility index (Phi) is 1.43. The van der Waals surface area contributed by atoms with Crippen molar-refractivity contribution >= 4 is 22.8 Å². The fourth-order valence-corrected chi connectivity index (χ4v) is 2.27. The Morgan fingerprint density at radius 2 is 1.29 bits per heavy atom. The maximum absolute atomic E-state index is 4.52. The molecule has 0 aromatic heterocycles. The standard InChI is InChI=1S/C12H12N2/c1-7-5-9-10-6-8(2)14-12(10)4-3-11(9)13-7/h3-4H,5-6H2,1-2H3. The van der Waals surface area contributed by atoms with E-state index < -0.39 is 0 Å². The van der Waals surface area contributed by atoms with Gasteiger partial charge in [-0.1, -0.05) is 0 Å². The summed E-state index contributed by atoms with van der Waals surface area (Å²) in [6.45, 7) is 4.18. The number of fused-ring (bicyclic) bond motifs is 3. The van der Waals surface area contributed by atoms with Crippen molar-refractivity contribution in [1.82, 2.24) is 0 Å². The summed E-state index contributed by atoms with van der Waals surface area (Å²) in [5.41, 5.74) is 7.56. The predicted molar refractivity (Wildman–Crippen MR) is 59.4 cm³/mol. The van der Waals surface area contributed by atoms with E-state index in [4.69, 9.17) is 0 Å². The van der Waals surface area contributed by atoms with Crippen molar-refractivity contribution in [3.63, 3.8) is 0 Å². The zero-order valence-corrected chi connectivity index (χ0v) is 8.46. The first-order chi connectivity index (χ1) is 6.74. The van der Waals surface area contributed by atoms with Gasteiger partial charge in [-0.25, -0.2) is 0 Å². The number of aliphatic imine (C=N–C) groups is 2. The van der Waals surface area contributed by atoms with Gasteiger partial charge >= 0.3 is 0 Å². The molecule has 0 atom stereocenters. The van der Waals surface area contributed by atoms with Gasteiger partial charge in [0.1, 0.15) is 0 Å². The van der Waals surface area contributed by atoms with Crippen LogP contribution < -0.4 is 0 Å².